The predicted octanol–water partition coefficient (Wildman–Crippen LogP) is 1.02. The van der Waals surface area contributed by atoms with Gasteiger partial charge in [-0.2, -0.15) is 0 Å². The SMILES string of the molecule is [CH2]C(Br)=CN. The average molecular weight is 135 g/mol. The van der Waals surface area contributed by atoms with Crippen molar-refractivity contribution in [1.82, 2.24) is 0 Å². The molecule has 0 heterocycles. The van der Waals surface area contributed by atoms with Gasteiger partial charge in [-0.1, -0.05) is 15.9 Å². The van der Waals surface area contributed by atoms with Gasteiger partial charge in [0.2, 0.25) is 0 Å². The van der Waals surface area contributed by atoms with Gasteiger partial charge in [0.25, 0.3) is 0 Å². The van der Waals surface area contributed by atoms with Gasteiger partial charge in [-0.3, -0.25) is 0 Å². The van der Waals surface area contributed by atoms with Crippen LogP contribution in [0.3, 0.4) is 0 Å². The molecule has 0 amide bonds. The summed E-state index contributed by atoms with van der Waals surface area (Å²) in [6, 6.07) is 0. The molecule has 1 nitrogen and oxygen atoms in total. The maximum atomic E-state index is 4.90. The Morgan fingerprint density at radius 1 is 2.00 bits per heavy atom. The monoisotopic (exact) mass is 134 g/mol. The Hall–Kier alpha value is 0.0200. The van der Waals surface area contributed by atoms with Crippen LogP contribution in [0, 0.1) is 6.92 Å². The maximum absolute atomic E-state index is 4.90. The fourth-order valence-corrected chi connectivity index (χ4v) is 0. The summed E-state index contributed by atoms with van der Waals surface area (Å²) in [5.41, 5.74) is 4.90. The van der Waals surface area contributed by atoms with Crippen LogP contribution in [0.2, 0.25) is 0 Å². The largest absolute Gasteiger partial charge is 0.404 e. The topological polar surface area (TPSA) is 26.0 Å². The molecule has 0 fully saturated rings. The van der Waals surface area contributed by atoms with Gasteiger partial charge in [-0.15, -0.1) is 0 Å². The van der Waals surface area contributed by atoms with Gasteiger partial charge in [-0.25, -0.2) is 0 Å². The number of nitrogens with two attached hydrogens (primary N) is 1. The number of halogens is 1. The summed E-state index contributed by atoms with van der Waals surface area (Å²) in [5, 5.41) is 0. The standard InChI is InChI=1S/C3H5BrN/c1-3(4)2-5/h2H,1,5H2. The predicted molar refractivity (Wildman–Crippen MR) is 26.6 cm³/mol. The van der Waals surface area contributed by atoms with Gasteiger partial charge in [0.05, 0.1) is 0 Å². The Kier molecular flexibility index (Phi) is 2.28. The summed E-state index contributed by atoms with van der Waals surface area (Å²) in [6.45, 7) is 3.41. The average Bonchev–Trinajstić information content (AvgIpc) is 1.38. The van der Waals surface area contributed by atoms with Crippen molar-refractivity contribution in [3.8, 4) is 0 Å². The van der Waals surface area contributed by atoms with Crippen molar-refractivity contribution in [2.45, 2.75) is 0 Å². The van der Waals surface area contributed by atoms with Crippen LogP contribution in [0.25, 0.3) is 0 Å². The van der Waals surface area contributed by atoms with E-state index in [1.807, 2.05) is 0 Å². The zero-order valence-electron chi connectivity index (χ0n) is 2.74. The van der Waals surface area contributed by atoms with E-state index < -0.39 is 0 Å². The molecule has 0 aromatic rings. The summed E-state index contributed by atoms with van der Waals surface area (Å²) >= 11 is 3.00. The van der Waals surface area contributed by atoms with Gasteiger partial charge in [0, 0.05) is 10.7 Å². The summed E-state index contributed by atoms with van der Waals surface area (Å²) in [5.74, 6) is 0. The Labute approximate surface area is 40.0 Å². The van der Waals surface area contributed by atoms with Crippen LogP contribution in [0.15, 0.2) is 10.7 Å². The van der Waals surface area contributed by atoms with Gasteiger partial charge in [0.1, 0.15) is 0 Å². The van der Waals surface area contributed by atoms with Crippen molar-refractivity contribution in [2.24, 2.45) is 5.73 Å². The Morgan fingerprint density at radius 2 is 2.20 bits per heavy atom. The highest BCUT2D eigenvalue weighted by atomic mass is 79.9. The van der Waals surface area contributed by atoms with E-state index in [0.717, 1.165) is 4.48 Å². The van der Waals surface area contributed by atoms with Gasteiger partial charge < -0.3 is 5.73 Å². The minimum absolute atomic E-state index is 0.720. The Morgan fingerprint density at radius 3 is 2.20 bits per heavy atom. The maximum Gasteiger partial charge on any atom is 0.0109 e. The molecule has 0 aromatic carbocycles. The lowest BCUT2D eigenvalue weighted by molar-refractivity contribution is 1.59. The molecular weight excluding hydrogens is 130 g/mol. The van der Waals surface area contributed by atoms with E-state index in [9.17, 15) is 0 Å². The fraction of sp³-hybridized carbons (Fsp3) is 0. The molecule has 1 radical (unpaired) electrons. The molecular formula is C3H5BrN. The molecule has 0 aliphatic heterocycles. The third-order valence-corrected chi connectivity index (χ3v) is 0.445. The highest BCUT2D eigenvalue weighted by molar-refractivity contribution is 9.11. The minimum Gasteiger partial charge on any atom is -0.404 e. The molecule has 2 heteroatoms. The molecule has 0 atom stereocenters. The van der Waals surface area contributed by atoms with Crippen LogP contribution >= 0.6 is 15.9 Å². The smallest absolute Gasteiger partial charge is 0.0109 e. The van der Waals surface area contributed by atoms with E-state index in [1.54, 1.807) is 0 Å². The second-order valence-corrected chi connectivity index (χ2v) is 1.63. The van der Waals surface area contributed by atoms with E-state index in [0.29, 0.717) is 0 Å². The second-order valence-electron chi connectivity index (χ2n) is 0.614. The summed E-state index contributed by atoms with van der Waals surface area (Å²) < 4.78 is 0.720. The molecule has 0 aromatic heterocycles. The molecule has 5 heavy (non-hydrogen) atoms. The zero-order chi connectivity index (χ0) is 4.28. The highest BCUT2D eigenvalue weighted by Crippen LogP contribution is 1.95. The third kappa shape index (κ3) is 4.02. The van der Waals surface area contributed by atoms with Crippen molar-refractivity contribution in [2.75, 3.05) is 0 Å². The van der Waals surface area contributed by atoms with Crippen LogP contribution in [-0.2, 0) is 0 Å². The van der Waals surface area contributed by atoms with E-state index in [2.05, 4.69) is 22.9 Å². The van der Waals surface area contributed by atoms with E-state index >= 15 is 0 Å². The first-order valence-corrected chi connectivity index (χ1v) is 1.96. The van der Waals surface area contributed by atoms with Crippen molar-refractivity contribution < 1.29 is 0 Å². The molecule has 29 valence electrons. The van der Waals surface area contributed by atoms with Crippen LogP contribution in [0.5, 0.6) is 0 Å². The quantitative estimate of drug-likeness (QED) is 0.527. The molecule has 0 aliphatic carbocycles. The van der Waals surface area contributed by atoms with Gasteiger partial charge >= 0.3 is 0 Å². The third-order valence-electron chi connectivity index (χ3n) is 0.181. The van der Waals surface area contributed by atoms with Crippen molar-refractivity contribution in [3.63, 3.8) is 0 Å². The number of hydrogen-bond acceptors (Lipinski definition) is 1. The Balaban J connectivity index is 3.14. The van der Waals surface area contributed by atoms with E-state index in [1.165, 1.54) is 6.20 Å². The molecule has 0 spiro atoms. The van der Waals surface area contributed by atoms with E-state index in [4.69, 9.17) is 5.73 Å². The first kappa shape index (κ1) is 5.02. The van der Waals surface area contributed by atoms with Crippen molar-refractivity contribution in [3.05, 3.63) is 17.6 Å². The molecule has 0 unspecified atom stereocenters. The molecule has 2 N–H and O–H groups in total. The minimum atomic E-state index is 0.720. The summed E-state index contributed by atoms with van der Waals surface area (Å²) in [4.78, 5) is 0. The summed E-state index contributed by atoms with van der Waals surface area (Å²) in [7, 11) is 0. The second kappa shape index (κ2) is 2.27. The molecule has 0 saturated heterocycles. The first-order chi connectivity index (χ1) is 2.27. The molecule has 0 aliphatic rings. The lowest BCUT2D eigenvalue weighted by Crippen LogP contribution is -1.74. The molecule has 0 bridgehead atoms. The van der Waals surface area contributed by atoms with E-state index in [-0.39, 0.29) is 0 Å². The number of allylic oxidation sites excluding steroid dienone is 1. The fourth-order valence-electron chi connectivity index (χ4n) is 0. The summed E-state index contributed by atoms with van der Waals surface area (Å²) in [6.07, 6.45) is 1.39. The molecule has 0 saturated carbocycles. The first-order valence-electron chi connectivity index (χ1n) is 1.16. The zero-order valence-corrected chi connectivity index (χ0v) is 4.33. The highest BCUT2D eigenvalue weighted by Gasteiger charge is 1.64. The van der Waals surface area contributed by atoms with Crippen LogP contribution in [0.4, 0.5) is 0 Å². The Bertz CT molecular complexity index is 44.9. The molecule has 0 rings (SSSR count). The van der Waals surface area contributed by atoms with Crippen molar-refractivity contribution in [1.29, 1.82) is 0 Å². The number of rotatable bonds is 0. The van der Waals surface area contributed by atoms with Crippen molar-refractivity contribution >= 4 is 15.9 Å². The van der Waals surface area contributed by atoms with Crippen LogP contribution in [-0.4, -0.2) is 0 Å². The normalized spacial score (nSPS) is 12.0. The lowest BCUT2D eigenvalue weighted by Gasteiger charge is -1.71. The lowest BCUT2D eigenvalue weighted by atomic mass is 10.7. The van der Waals surface area contributed by atoms with Crippen LogP contribution in [0.1, 0.15) is 0 Å². The van der Waals surface area contributed by atoms with Gasteiger partial charge in [0.15, 0.2) is 0 Å². The van der Waals surface area contributed by atoms with Crippen LogP contribution < -0.4 is 5.73 Å². The number of hydrogen-bond donors (Lipinski definition) is 1. The van der Waals surface area contributed by atoms with Gasteiger partial charge in [-0.05, 0) is 6.92 Å².